The van der Waals surface area contributed by atoms with Crippen LogP contribution in [0.2, 0.25) is 0 Å². The van der Waals surface area contributed by atoms with Crippen LogP contribution in [-0.2, 0) is 14.4 Å². The van der Waals surface area contributed by atoms with Gasteiger partial charge in [0.05, 0.1) is 0 Å². The summed E-state index contributed by atoms with van der Waals surface area (Å²) >= 11 is 0. The van der Waals surface area contributed by atoms with E-state index in [1.165, 1.54) is 12.1 Å². The minimum absolute atomic E-state index is 0.218. The van der Waals surface area contributed by atoms with Crippen LogP contribution in [-0.4, -0.2) is 23.8 Å². The molecule has 1 aromatic rings. The molecule has 2 bridgehead atoms. The van der Waals surface area contributed by atoms with Crippen LogP contribution in [0.5, 0.6) is 5.75 Å². The highest BCUT2D eigenvalue weighted by Gasteiger charge is 2.77. The van der Waals surface area contributed by atoms with E-state index >= 15 is 0 Å². The van der Waals surface area contributed by atoms with Crippen molar-refractivity contribution in [3.8, 4) is 5.75 Å². The number of amides is 1. The van der Waals surface area contributed by atoms with Crippen molar-refractivity contribution >= 4 is 23.2 Å². The molecular weight excluding hydrogens is 351 g/mol. The van der Waals surface area contributed by atoms with Gasteiger partial charge in [0.25, 0.3) is 0 Å². The number of alkyl halides is 3. The number of rotatable bonds is 3. The second kappa shape index (κ2) is 5.31. The van der Waals surface area contributed by atoms with Gasteiger partial charge in [-0.15, -0.1) is 13.2 Å². The van der Waals surface area contributed by atoms with Gasteiger partial charge < -0.3 is 10.1 Å². The summed E-state index contributed by atoms with van der Waals surface area (Å²) < 4.78 is 40.4. The molecule has 5 nitrogen and oxygen atoms in total. The Morgan fingerprint density at radius 3 is 2.08 bits per heavy atom. The van der Waals surface area contributed by atoms with Gasteiger partial charge in [-0.2, -0.15) is 0 Å². The lowest BCUT2D eigenvalue weighted by Gasteiger charge is -2.37. The van der Waals surface area contributed by atoms with Crippen LogP contribution < -0.4 is 10.1 Å². The van der Waals surface area contributed by atoms with E-state index in [4.69, 9.17) is 0 Å². The zero-order valence-corrected chi connectivity index (χ0v) is 14.5. The van der Waals surface area contributed by atoms with Crippen LogP contribution in [0.15, 0.2) is 24.3 Å². The summed E-state index contributed by atoms with van der Waals surface area (Å²) in [5.41, 5.74) is -2.97. The van der Waals surface area contributed by atoms with Gasteiger partial charge in [0, 0.05) is 11.1 Å². The fourth-order valence-corrected chi connectivity index (χ4v) is 4.25. The first kappa shape index (κ1) is 18.4. The number of nitrogens with one attached hydrogen (secondary N) is 1. The maximum atomic E-state index is 12.9. The standard InChI is InChI=1S/C18H18F3NO4/c1-15(2)16(3)8-9-17(15,13(24)12(16)23)14(25)22-10-4-6-11(7-5-10)26-18(19,20)21/h4-7H,8-9H2,1-3H3,(H,22,25)/t16-,17+/m1/s1. The number of halogens is 3. The van der Waals surface area contributed by atoms with E-state index in [-0.39, 0.29) is 12.1 Å². The fourth-order valence-electron chi connectivity index (χ4n) is 4.25. The Kier molecular flexibility index (Phi) is 3.76. The second-order valence-corrected chi connectivity index (χ2v) is 7.55. The van der Waals surface area contributed by atoms with Crippen molar-refractivity contribution in [2.24, 2.45) is 16.2 Å². The molecule has 2 atom stereocenters. The molecule has 3 rings (SSSR count). The quantitative estimate of drug-likeness (QED) is 0.654. The van der Waals surface area contributed by atoms with Gasteiger partial charge in [-0.05, 0) is 42.5 Å². The normalized spacial score (nSPS) is 29.8. The predicted octanol–water partition coefficient (Wildman–Crippen LogP) is 3.49. The summed E-state index contributed by atoms with van der Waals surface area (Å²) in [5.74, 6) is -2.25. The number of anilines is 1. The van der Waals surface area contributed by atoms with Crippen LogP contribution >= 0.6 is 0 Å². The van der Waals surface area contributed by atoms with E-state index in [9.17, 15) is 27.6 Å². The SMILES string of the molecule is CC1(C)[C@@]2(C(=O)Nc3ccc(OC(F)(F)F)cc3)CC[C@]1(C)C(=O)C2=O. The molecule has 2 aliphatic rings. The molecule has 1 amide bonds. The zero-order valence-electron chi connectivity index (χ0n) is 14.5. The highest BCUT2D eigenvalue weighted by atomic mass is 19.4. The third kappa shape index (κ3) is 2.27. The van der Waals surface area contributed by atoms with Gasteiger partial charge in [0.15, 0.2) is 0 Å². The lowest BCUT2D eigenvalue weighted by molar-refractivity contribution is -0.274. The van der Waals surface area contributed by atoms with Crippen LogP contribution in [0.25, 0.3) is 0 Å². The molecule has 1 N–H and O–H groups in total. The minimum atomic E-state index is -4.81. The van der Waals surface area contributed by atoms with E-state index in [2.05, 4.69) is 10.1 Å². The van der Waals surface area contributed by atoms with E-state index < -0.39 is 45.8 Å². The number of carbonyl (C=O) groups excluding carboxylic acids is 3. The third-order valence-corrected chi connectivity index (χ3v) is 6.27. The lowest BCUT2D eigenvalue weighted by atomic mass is 9.64. The van der Waals surface area contributed by atoms with Gasteiger partial charge in [-0.3, -0.25) is 14.4 Å². The average molecular weight is 369 g/mol. The molecule has 0 aromatic heterocycles. The molecule has 1 aromatic carbocycles. The summed E-state index contributed by atoms with van der Waals surface area (Å²) in [6, 6.07) is 4.62. The Morgan fingerprint density at radius 2 is 1.62 bits per heavy atom. The van der Waals surface area contributed by atoms with Gasteiger partial charge in [-0.1, -0.05) is 20.8 Å². The molecule has 26 heavy (non-hydrogen) atoms. The van der Waals surface area contributed by atoms with Gasteiger partial charge in [-0.25, -0.2) is 0 Å². The molecule has 2 aliphatic carbocycles. The number of Topliss-reactive ketones (excluding diaryl/α,β-unsaturated/α-hetero) is 2. The van der Waals surface area contributed by atoms with Gasteiger partial charge >= 0.3 is 6.36 Å². The Balaban J connectivity index is 1.85. The number of hydrogen-bond acceptors (Lipinski definition) is 4. The molecular formula is C18H18F3NO4. The number of fused-ring (bicyclic) bond motifs is 2. The Hall–Kier alpha value is -2.38. The number of ketones is 2. The highest BCUT2D eigenvalue weighted by molar-refractivity contribution is 6.49. The molecule has 2 saturated carbocycles. The van der Waals surface area contributed by atoms with Crippen LogP contribution in [0.3, 0.4) is 0 Å². The van der Waals surface area contributed by atoms with E-state index in [1.54, 1.807) is 20.8 Å². The van der Waals surface area contributed by atoms with Gasteiger partial charge in [0.1, 0.15) is 11.2 Å². The summed E-state index contributed by atoms with van der Waals surface area (Å²) in [6.07, 6.45) is -4.10. The number of benzene rings is 1. The average Bonchev–Trinajstić information content (AvgIpc) is 2.80. The molecule has 0 spiro atoms. The molecule has 0 aliphatic heterocycles. The predicted molar refractivity (Wildman–Crippen MR) is 85.3 cm³/mol. The summed E-state index contributed by atoms with van der Waals surface area (Å²) in [7, 11) is 0. The molecule has 140 valence electrons. The molecule has 0 heterocycles. The minimum Gasteiger partial charge on any atom is -0.406 e. The molecule has 0 unspecified atom stereocenters. The number of ether oxygens (including phenoxy) is 1. The van der Waals surface area contributed by atoms with Crippen molar-refractivity contribution in [2.45, 2.75) is 40.0 Å². The van der Waals surface area contributed by atoms with Gasteiger partial charge in [0.2, 0.25) is 17.5 Å². The number of hydrogen-bond donors (Lipinski definition) is 1. The Morgan fingerprint density at radius 1 is 1.04 bits per heavy atom. The summed E-state index contributed by atoms with van der Waals surface area (Å²) in [6.45, 7) is 5.18. The molecule has 0 saturated heterocycles. The Labute approximate surface area is 147 Å². The second-order valence-electron chi connectivity index (χ2n) is 7.55. The van der Waals surface area contributed by atoms with Crippen molar-refractivity contribution < 1.29 is 32.3 Å². The topological polar surface area (TPSA) is 72.5 Å². The van der Waals surface area contributed by atoms with Crippen LogP contribution in [0.4, 0.5) is 18.9 Å². The molecule has 8 heteroatoms. The van der Waals surface area contributed by atoms with E-state index in [0.29, 0.717) is 6.42 Å². The summed E-state index contributed by atoms with van der Waals surface area (Å²) in [5, 5.41) is 2.57. The fraction of sp³-hybridized carbons (Fsp3) is 0.500. The maximum Gasteiger partial charge on any atom is 0.573 e. The van der Waals surface area contributed by atoms with Crippen molar-refractivity contribution in [3.05, 3.63) is 24.3 Å². The van der Waals surface area contributed by atoms with E-state index in [0.717, 1.165) is 12.1 Å². The monoisotopic (exact) mass is 369 g/mol. The first-order valence-electron chi connectivity index (χ1n) is 8.12. The van der Waals surface area contributed by atoms with E-state index in [1.807, 2.05) is 0 Å². The molecule has 0 radical (unpaired) electrons. The smallest absolute Gasteiger partial charge is 0.406 e. The number of carbonyl (C=O) groups is 3. The van der Waals surface area contributed by atoms with Crippen LogP contribution in [0.1, 0.15) is 33.6 Å². The van der Waals surface area contributed by atoms with Crippen molar-refractivity contribution in [1.29, 1.82) is 0 Å². The molecule has 2 fully saturated rings. The zero-order chi connectivity index (χ0) is 19.5. The first-order valence-corrected chi connectivity index (χ1v) is 8.12. The first-order chi connectivity index (χ1) is 11.8. The van der Waals surface area contributed by atoms with Crippen molar-refractivity contribution in [3.63, 3.8) is 0 Å². The van der Waals surface area contributed by atoms with Crippen molar-refractivity contribution in [2.75, 3.05) is 5.32 Å². The highest BCUT2D eigenvalue weighted by Crippen LogP contribution is 2.69. The Bertz CT molecular complexity index is 800. The summed E-state index contributed by atoms with van der Waals surface area (Å²) in [4.78, 5) is 37.9. The maximum absolute atomic E-state index is 12.9. The van der Waals surface area contributed by atoms with Crippen LogP contribution in [0, 0.1) is 16.2 Å². The largest absolute Gasteiger partial charge is 0.573 e. The van der Waals surface area contributed by atoms with Crippen molar-refractivity contribution in [1.82, 2.24) is 0 Å². The third-order valence-electron chi connectivity index (χ3n) is 6.27. The lowest BCUT2D eigenvalue weighted by Crippen LogP contribution is -2.47.